The van der Waals surface area contributed by atoms with Gasteiger partial charge in [-0.25, -0.2) is 0 Å². The van der Waals surface area contributed by atoms with Crippen LogP contribution in [-0.2, 0) is 17.6 Å². The maximum absolute atomic E-state index is 12.1. The zero-order chi connectivity index (χ0) is 13.2. The van der Waals surface area contributed by atoms with Crippen molar-refractivity contribution in [2.75, 3.05) is 0 Å². The molecule has 0 N–H and O–H groups in total. The van der Waals surface area contributed by atoms with Gasteiger partial charge < -0.3 is 4.52 Å². The van der Waals surface area contributed by atoms with Crippen LogP contribution in [0.3, 0.4) is 0 Å². The van der Waals surface area contributed by atoms with E-state index >= 15 is 0 Å². The summed E-state index contributed by atoms with van der Waals surface area (Å²) in [4.78, 5) is 15.3. The smallest absolute Gasteiger partial charge is 0.339 e. The minimum absolute atomic E-state index is 0.00275. The van der Waals surface area contributed by atoms with Crippen molar-refractivity contribution in [3.8, 4) is 0 Å². The van der Waals surface area contributed by atoms with Crippen molar-refractivity contribution < 1.29 is 22.5 Å². The molecule has 100 valence electrons. The third kappa shape index (κ3) is 3.54. The Morgan fingerprint density at radius 2 is 2.00 bits per heavy atom. The van der Waals surface area contributed by atoms with Gasteiger partial charge in [0.05, 0.1) is 6.42 Å². The van der Waals surface area contributed by atoms with E-state index in [2.05, 4.69) is 14.7 Å². The monoisotopic (exact) mass is 262 g/mol. The van der Waals surface area contributed by atoms with Gasteiger partial charge in [0.15, 0.2) is 5.82 Å². The number of alkyl halides is 3. The van der Waals surface area contributed by atoms with E-state index in [4.69, 9.17) is 0 Å². The van der Waals surface area contributed by atoms with Crippen LogP contribution in [0.15, 0.2) is 4.52 Å². The van der Waals surface area contributed by atoms with Gasteiger partial charge >= 0.3 is 6.18 Å². The summed E-state index contributed by atoms with van der Waals surface area (Å²) in [7, 11) is 0. The van der Waals surface area contributed by atoms with Gasteiger partial charge in [-0.2, -0.15) is 18.2 Å². The van der Waals surface area contributed by atoms with Gasteiger partial charge in [-0.05, 0) is 12.8 Å². The van der Waals surface area contributed by atoms with Crippen LogP contribution in [0.25, 0.3) is 0 Å². The van der Waals surface area contributed by atoms with E-state index in [1.807, 2.05) is 0 Å². The Balaban J connectivity index is 1.92. The van der Waals surface area contributed by atoms with Crippen LogP contribution in [0.1, 0.15) is 37.4 Å². The third-order valence-corrected chi connectivity index (χ3v) is 3.00. The summed E-state index contributed by atoms with van der Waals surface area (Å²) < 4.78 is 40.9. The van der Waals surface area contributed by atoms with Crippen molar-refractivity contribution in [3.05, 3.63) is 11.7 Å². The van der Waals surface area contributed by atoms with Crippen molar-refractivity contribution in [2.24, 2.45) is 5.92 Å². The largest absolute Gasteiger partial charge is 0.396 e. The van der Waals surface area contributed by atoms with Crippen molar-refractivity contribution in [2.45, 2.75) is 44.7 Å². The number of hydrogen-bond donors (Lipinski definition) is 0. The van der Waals surface area contributed by atoms with E-state index in [1.54, 1.807) is 0 Å². The number of carbonyl (C=O) groups excluding carboxylic acids is 1. The molecule has 1 fully saturated rings. The lowest BCUT2D eigenvalue weighted by molar-refractivity contribution is -0.128. The van der Waals surface area contributed by atoms with Gasteiger partial charge in [-0.3, -0.25) is 4.79 Å². The SMILES string of the molecule is O=C(Cc1nc(CC(F)(F)F)no1)C1CCCC1. The molecule has 0 amide bonds. The van der Waals surface area contributed by atoms with Crippen LogP contribution in [0.2, 0.25) is 0 Å². The maximum Gasteiger partial charge on any atom is 0.396 e. The fourth-order valence-corrected chi connectivity index (χ4v) is 2.15. The van der Waals surface area contributed by atoms with Crippen LogP contribution < -0.4 is 0 Å². The molecule has 1 aliphatic rings. The third-order valence-electron chi connectivity index (χ3n) is 3.00. The van der Waals surface area contributed by atoms with E-state index in [9.17, 15) is 18.0 Å². The number of aromatic nitrogens is 2. The van der Waals surface area contributed by atoms with Crippen molar-refractivity contribution in [1.29, 1.82) is 0 Å². The maximum atomic E-state index is 12.1. The van der Waals surface area contributed by atoms with Crippen LogP contribution in [0, 0.1) is 5.92 Å². The van der Waals surface area contributed by atoms with Crippen molar-refractivity contribution in [3.63, 3.8) is 0 Å². The lowest BCUT2D eigenvalue weighted by Gasteiger charge is -2.04. The van der Waals surface area contributed by atoms with E-state index < -0.39 is 18.4 Å². The fraction of sp³-hybridized carbons (Fsp3) is 0.727. The molecular weight excluding hydrogens is 249 g/mol. The molecule has 1 aromatic heterocycles. The first-order valence-electron chi connectivity index (χ1n) is 5.85. The summed E-state index contributed by atoms with van der Waals surface area (Å²) in [5, 5.41) is 3.22. The molecule has 18 heavy (non-hydrogen) atoms. The number of halogens is 3. The molecule has 7 heteroatoms. The number of nitrogens with zero attached hydrogens (tertiary/aromatic N) is 2. The predicted molar refractivity (Wildman–Crippen MR) is 54.7 cm³/mol. The molecule has 0 unspecified atom stereocenters. The molecule has 1 aromatic rings. The molecule has 0 radical (unpaired) electrons. The van der Waals surface area contributed by atoms with Crippen LogP contribution in [0.4, 0.5) is 13.2 Å². The van der Waals surface area contributed by atoms with Gasteiger partial charge in [0, 0.05) is 5.92 Å². The first-order valence-corrected chi connectivity index (χ1v) is 5.85. The van der Waals surface area contributed by atoms with E-state index in [-0.39, 0.29) is 24.0 Å². The highest BCUT2D eigenvalue weighted by Crippen LogP contribution is 2.26. The van der Waals surface area contributed by atoms with Gasteiger partial charge in [0.1, 0.15) is 12.2 Å². The molecule has 1 aliphatic carbocycles. The summed E-state index contributed by atoms with van der Waals surface area (Å²) in [5.74, 6) is -0.458. The van der Waals surface area contributed by atoms with E-state index in [1.165, 1.54) is 0 Å². The normalized spacial score (nSPS) is 17.3. The minimum Gasteiger partial charge on any atom is -0.339 e. The molecule has 0 spiro atoms. The quantitative estimate of drug-likeness (QED) is 0.836. The van der Waals surface area contributed by atoms with E-state index in [0.717, 1.165) is 25.7 Å². The molecule has 4 nitrogen and oxygen atoms in total. The second-order valence-electron chi connectivity index (χ2n) is 4.52. The van der Waals surface area contributed by atoms with Crippen LogP contribution in [-0.4, -0.2) is 22.1 Å². The van der Waals surface area contributed by atoms with Gasteiger partial charge in [0.2, 0.25) is 5.89 Å². The van der Waals surface area contributed by atoms with Crippen molar-refractivity contribution in [1.82, 2.24) is 10.1 Å². The topological polar surface area (TPSA) is 56.0 Å². The van der Waals surface area contributed by atoms with Gasteiger partial charge in [0.25, 0.3) is 0 Å². The number of rotatable bonds is 4. The highest BCUT2D eigenvalue weighted by Gasteiger charge is 2.31. The Bertz CT molecular complexity index is 422. The summed E-state index contributed by atoms with van der Waals surface area (Å²) in [5.41, 5.74) is 0. The lowest BCUT2D eigenvalue weighted by atomic mass is 10.0. The number of Topliss-reactive ketones (excluding diaryl/α,β-unsaturated/α-hetero) is 1. The summed E-state index contributed by atoms with van der Waals surface area (Å²) in [6.45, 7) is 0. The molecule has 0 saturated heterocycles. The Hall–Kier alpha value is -1.40. The Morgan fingerprint density at radius 3 is 2.61 bits per heavy atom. The van der Waals surface area contributed by atoms with E-state index in [0.29, 0.717) is 0 Å². The van der Waals surface area contributed by atoms with Crippen molar-refractivity contribution >= 4 is 5.78 Å². The minimum atomic E-state index is -4.36. The zero-order valence-electron chi connectivity index (χ0n) is 9.66. The highest BCUT2D eigenvalue weighted by atomic mass is 19.4. The molecular formula is C11H13F3N2O2. The fourth-order valence-electron chi connectivity index (χ4n) is 2.15. The summed E-state index contributed by atoms with van der Waals surface area (Å²) in [6.07, 6.45) is -1.90. The molecule has 2 rings (SSSR count). The Labute approximate surface area is 102 Å². The molecule has 0 atom stereocenters. The van der Waals surface area contributed by atoms with Gasteiger partial charge in [-0.15, -0.1) is 0 Å². The van der Waals surface area contributed by atoms with Crippen LogP contribution >= 0.6 is 0 Å². The average molecular weight is 262 g/mol. The Morgan fingerprint density at radius 1 is 1.33 bits per heavy atom. The molecule has 0 bridgehead atoms. The Kier molecular flexibility index (Phi) is 3.68. The first-order chi connectivity index (χ1) is 8.44. The number of ketones is 1. The zero-order valence-corrected chi connectivity index (χ0v) is 9.66. The summed E-state index contributed by atoms with van der Waals surface area (Å²) in [6, 6.07) is 0. The number of hydrogen-bond acceptors (Lipinski definition) is 4. The first kappa shape index (κ1) is 13.0. The lowest BCUT2D eigenvalue weighted by Crippen LogP contribution is -2.14. The molecule has 1 heterocycles. The highest BCUT2D eigenvalue weighted by molar-refractivity contribution is 5.82. The number of carbonyl (C=O) groups is 1. The predicted octanol–water partition coefficient (Wildman–Crippen LogP) is 2.48. The van der Waals surface area contributed by atoms with Gasteiger partial charge in [-0.1, -0.05) is 18.0 Å². The molecule has 0 aliphatic heterocycles. The average Bonchev–Trinajstić information content (AvgIpc) is 2.86. The standard InChI is InChI=1S/C11H13F3N2O2/c12-11(13,14)6-9-15-10(18-16-9)5-8(17)7-3-1-2-4-7/h7H,1-6H2. The molecule has 1 saturated carbocycles. The second-order valence-corrected chi connectivity index (χ2v) is 4.52. The molecule has 0 aromatic carbocycles. The summed E-state index contributed by atoms with van der Waals surface area (Å²) >= 11 is 0. The van der Waals surface area contributed by atoms with Crippen LogP contribution in [0.5, 0.6) is 0 Å². The second kappa shape index (κ2) is 5.07.